The quantitative estimate of drug-likeness (QED) is 0.634. The van der Waals surface area contributed by atoms with Crippen molar-refractivity contribution in [2.24, 2.45) is 0 Å². The lowest BCUT2D eigenvalue weighted by atomic mass is 10.0. The number of piperidine rings is 1. The highest BCUT2D eigenvalue weighted by molar-refractivity contribution is 5.85. The number of nitrogens with zero attached hydrogens (tertiary/aromatic N) is 4. The summed E-state index contributed by atoms with van der Waals surface area (Å²) < 4.78 is 0. The molecule has 1 saturated heterocycles. The molecule has 1 aliphatic heterocycles. The van der Waals surface area contributed by atoms with Crippen LogP contribution in [0.15, 0.2) is 60.9 Å². The van der Waals surface area contributed by atoms with Gasteiger partial charge in [-0.15, -0.1) is 24.8 Å². The van der Waals surface area contributed by atoms with E-state index >= 15 is 0 Å². The average molecular weight is 432 g/mol. The molecule has 0 radical (unpaired) electrons. The zero-order valence-corrected chi connectivity index (χ0v) is 18.1. The second-order valence-electron chi connectivity index (χ2n) is 7.10. The van der Waals surface area contributed by atoms with Crippen molar-refractivity contribution >= 4 is 36.4 Å². The van der Waals surface area contributed by atoms with Gasteiger partial charge in [-0.2, -0.15) is 0 Å². The molecule has 0 unspecified atom stereocenters. The first-order chi connectivity index (χ1) is 13.3. The summed E-state index contributed by atoms with van der Waals surface area (Å²) in [6, 6.07) is 17.1. The molecule has 0 atom stereocenters. The number of rotatable bonds is 5. The van der Waals surface area contributed by atoms with Crippen molar-refractivity contribution in [2.45, 2.75) is 32.2 Å². The molecule has 0 aliphatic carbocycles. The molecule has 0 amide bonds. The molecule has 1 aromatic carbocycles. The monoisotopic (exact) mass is 431 g/mol. The standard InChI is InChI=1S/C22H25N5.2ClH/c1-17-15-20(16-18-5-3-2-4-6-18)26-22(24-17)25-19-9-13-27(14-10-19)21-7-11-23-12-8-21;;/h2-8,11-12,15,19H,9-10,13-14,16H2,1H3,(H,24,25,26);2*1H. The van der Waals surface area contributed by atoms with Crippen LogP contribution in [0.2, 0.25) is 0 Å². The predicted octanol–water partition coefficient (Wildman–Crippen LogP) is 4.70. The predicted molar refractivity (Wildman–Crippen MR) is 124 cm³/mol. The van der Waals surface area contributed by atoms with Crippen molar-refractivity contribution in [3.8, 4) is 0 Å². The van der Waals surface area contributed by atoms with E-state index in [1.165, 1.54) is 11.3 Å². The summed E-state index contributed by atoms with van der Waals surface area (Å²) in [6.07, 6.45) is 6.70. The summed E-state index contributed by atoms with van der Waals surface area (Å²) in [5.74, 6) is 0.753. The zero-order valence-electron chi connectivity index (χ0n) is 16.5. The fourth-order valence-corrected chi connectivity index (χ4v) is 3.61. The van der Waals surface area contributed by atoms with E-state index in [9.17, 15) is 0 Å². The molecule has 5 nitrogen and oxygen atoms in total. The number of pyridine rings is 1. The fraction of sp³-hybridized carbons (Fsp3) is 0.318. The molecular weight excluding hydrogens is 405 g/mol. The maximum Gasteiger partial charge on any atom is 0.223 e. The molecule has 2 aromatic heterocycles. The van der Waals surface area contributed by atoms with Crippen LogP contribution >= 0.6 is 24.8 Å². The lowest BCUT2D eigenvalue weighted by Gasteiger charge is -2.33. The number of aromatic nitrogens is 3. The molecule has 0 bridgehead atoms. The van der Waals surface area contributed by atoms with Crippen LogP contribution in [0.5, 0.6) is 0 Å². The van der Waals surface area contributed by atoms with Crippen molar-refractivity contribution in [2.75, 3.05) is 23.3 Å². The molecule has 1 fully saturated rings. The first-order valence-electron chi connectivity index (χ1n) is 9.56. The number of aryl methyl sites for hydroxylation is 1. The highest BCUT2D eigenvalue weighted by Crippen LogP contribution is 2.21. The summed E-state index contributed by atoms with van der Waals surface area (Å²) in [5.41, 5.74) is 4.59. The highest BCUT2D eigenvalue weighted by Gasteiger charge is 2.20. The van der Waals surface area contributed by atoms with Gasteiger partial charge in [0.15, 0.2) is 0 Å². The number of anilines is 2. The van der Waals surface area contributed by atoms with Crippen LogP contribution < -0.4 is 10.2 Å². The Balaban J connectivity index is 0.00000150. The molecule has 7 heteroatoms. The van der Waals surface area contributed by atoms with Crippen molar-refractivity contribution in [1.82, 2.24) is 15.0 Å². The molecule has 1 N–H and O–H groups in total. The summed E-state index contributed by atoms with van der Waals surface area (Å²) in [7, 11) is 0. The van der Waals surface area contributed by atoms with E-state index in [-0.39, 0.29) is 24.8 Å². The van der Waals surface area contributed by atoms with Crippen molar-refractivity contribution in [1.29, 1.82) is 0 Å². The van der Waals surface area contributed by atoms with Gasteiger partial charge in [-0.05, 0) is 43.5 Å². The average Bonchev–Trinajstić information content (AvgIpc) is 2.70. The van der Waals surface area contributed by atoms with Gasteiger partial charge in [0.05, 0.1) is 5.69 Å². The van der Waals surface area contributed by atoms with Gasteiger partial charge in [-0.25, -0.2) is 9.97 Å². The molecule has 4 rings (SSSR count). The van der Waals surface area contributed by atoms with Gasteiger partial charge < -0.3 is 10.2 Å². The highest BCUT2D eigenvalue weighted by atomic mass is 35.5. The van der Waals surface area contributed by atoms with Crippen LogP contribution in [0.3, 0.4) is 0 Å². The summed E-state index contributed by atoms with van der Waals surface area (Å²) in [6.45, 7) is 4.10. The van der Waals surface area contributed by atoms with E-state index in [2.05, 4.69) is 62.6 Å². The Morgan fingerprint density at radius 2 is 1.66 bits per heavy atom. The smallest absolute Gasteiger partial charge is 0.223 e. The van der Waals surface area contributed by atoms with Crippen LogP contribution in [0.4, 0.5) is 11.6 Å². The van der Waals surface area contributed by atoms with Gasteiger partial charge in [-0.3, -0.25) is 4.98 Å². The lowest BCUT2D eigenvalue weighted by molar-refractivity contribution is 0.523. The number of hydrogen-bond donors (Lipinski definition) is 1. The molecule has 3 heterocycles. The van der Waals surface area contributed by atoms with Gasteiger partial charge >= 0.3 is 0 Å². The zero-order chi connectivity index (χ0) is 18.5. The first-order valence-corrected chi connectivity index (χ1v) is 9.56. The third kappa shape index (κ3) is 6.31. The molecule has 3 aromatic rings. The van der Waals surface area contributed by atoms with Gasteiger partial charge in [0, 0.05) is 49.3 Å². The van der Waals surface area contributed by atoms with Crippen molar-refractivity contribution < 1.29 is 0 Å². The fourth-order valence-electron chi connectivity index (χ4n) is 3.61. The second kappa shape index (κ2) is 11.0. The third-order valence-corrected chi connectivity index (χ3v) is 4.99. The Kier molecular flexibility index (Phi) is 8.68. The number of halogens is 2. The van der Waals surface area contributed by atoms with Crippen LogP contribution in [0.25, 0.3) is 0 Å². The maximum absolute atomic E-state index is 4.76. The van der Waals surface area contributed by atoms with Crippen molar-refractivity contribution in [3.63, 3.8) is 0 Å². The summed E-state index contributed by atoms with van der Waals surface area (Å²) in [4.78, 5) is 15.9. The number of benzene rings is 1. The Hall–Kier alpha value is -2.37. The second-order valence-corrected chi connectivity index (χ2v) is 7.10. The minimum absolute atomic E-state index is 0. The van der Waals surface area contributed by atoms with Gasteiger partial charge in [0.1, 0.15) is 0 Å². The molecule has 0 saturated carbocycles. The molecule has 29 heavy (non-hydrogen) atoms. The van der Waals surface area contributed by atoms with Crippen LogP contribution in [-0.4, -0.2) is 34.1 Å². The van der Waals surface area contributed by atoms with Gasteiger partial charge in [-0.1, -0.05) is 30.3 Å². The van der Waals surface area contributed by atoms with E-state index in [1.807, 2.05) is 25.4 Å². The SMILES string of the molecule is Cc1cc(Cc2ccccc2)nc(NC2CCN(c3ccncc3)CC2)n1.Cl.Cl. The molecule has 154 valence electrons. The van der Waals surface area contributed by atoms with E-state index in [0.29, 0.717) is 6.04 Å². The van der Waals surface area contributed by atoms with E-state index in [1.54, 1.807) is 0 Å². The molecule has 0 spiro atoms. The molecule has 1 aliphatic rings. The number of nitrogens with one attached hydrogen (secondary N) is 1. The Morgan fingerprint density at radius 3 is 2.34 bits per heavy atom. The topological polar surface area (TPSA) is 53.9 Å². The Bertz CT molecular complexity index is 869. The third-order valence-electron chi connectivity index (χ3n) is 4.99. The Labute approximate surface area is 184 Å². The van der Waals surface area contributed by atoms with Gasteiger partial charge in [0.2, 0.25) is 5.95 Å². The minimum Gasteiger partial charge on any atom is -0.371 e. The van der Waals surface area contributed by atoms with Crippen LogP contribution in [-0.2, 0) is 6.42 Å². The minimum atomic E-state index is 0. The number of hydrogen-bond acceptors (Lipinski definition) is 5. The molecular formula is C22H27Cl2N5. The lowest BCUT2D eigenvalue weighted by Crippen LogP contribution is -2.39. The first kappa shape index (κ1) is 22.9. The van der Waals surface area contributed by atoms with E-state index in [4.69, 9.17) is 4.98 Å². The Morgan fingerprint density at radius 1 is 0.966 bits per heavy atom. The van der Waals surface area contributed by atoms with E-state index < -0.39 is 0 Å². The van der Waals surface area contributed by atoms with Crippen LogP contribution in [0.1, 0.15) is 29.8 Å². The van der Waals surface area contributed by atoms with E-state index in [0.717, 1.165) is 49.7 Å². The largest absolute Gasteiger partial charge is 0.371 e. The summed E-state index contributed by atoms with van der Waals surface area (Å²) >= 11 is 0. The van der Waals surface area contributed by atoms with Gasteiger partial charge in [0.25, 0.3) is 0 Å². The normalized spacial score (nSPS) is 13.9. The van der Waals surface area contributed by atoms with Crippen LogP contribution in [0, 0.1) is 6.92 Å². The maximum atomic E-state index is 4.76. The van der Waals surface area contributed by atoms with Crippen molar-refractivity contribution in [3.05, 3.63) is 77.9 Å². The summed E-state index contributed by atoms with van der Waals surface area (Å²) in [5, 5.41) is 3.56.